The van der Waals surface area contributed by atoms with Gasteiger partial charge >= 0.3 is 0 Å². The molecule has 24 heavy (non-hydrogen) atoms. The summed E-state index contributed by atoms with van der Waals surface area (Å²) in [7, 11) is 0. The summed E-state index contributed by atoms with van der Waals surface area (Å²) in [5, 5.41) is 0. The van der Waals surface area contributed by atoms with Crippen molar-refractivity contribution < 1.29 is 0 Å². The topological polar surface area (TPSA) is 0 Å². The Morgan fingerprint density at radius 1 is 0.708 bits per heavy atom. The number of hydrogen-bond donors (Lipinski definition) is 0. The van der Waals surface area contributed by atoms with Crippen LogP contribution in [0.25, 0.3) is 11.1 Å². The average molecular weight is 363 g/mol. The van der Waals surface area contributed by atoms with Gasteiger partial charge < -0.3 is 0 Å². The van der Waals surface area contributed by atoms with E-state index < -0.39 is 0 Å². The summed E-state index contributed by atoms with van der Waals surface area (Å²) in [4.78, 5) is 0. The highest BCUT2D eigenvalue weighted by atomic mass is 35.5. The predicted molar refractivity (Wildman–Crippen MR) is 108 cm³/mol. The van der Waals surface area contributed by atoms with Gasteiger partial charge in [-0.15, -0.1) is 23.2 Å². The maximum atomic E-state index is 6.17. The minimum Gasteiger partial charge on any atom is -0.122 e. The molecular formula is C22H28Cl2. The highest BCUT2D eigenvalue weighted by Gasteiger charge is 2.11. The number of alkyl halides is 2. The van der Waals surface area contributed by atoms with E-state index in [0.717, 1.165) is 24.0 Å². The van der Waals surface area contributed by atoms with Crippen molar-refractivity contribution in [2.45, 2.75) is 52.3 Å². The van der Waals surface area contributed by atoms with Crippen molar-refractivity contribution in [2.75, 3.05) is 0 Å². The molecule has 130 valence electrons. The SMILES string of the molecule is CC(C)Cc1ccc(-c2cc(CCl)ccc2CCl)cc1CC(C)C. The quantitative estimate of drug-likeness (QED) is 0.455. The van der Waals surface area contributed by atoms with E-state index in [-0.39, 0.29) is 0 Å². The molecule has 0 unspecified atom stereocenters. The number of halogens is 2. The molecular weight excluding hydrogens is 335 g/mol. The molecule has 0 aliphatic carbocycles. The molecule has 0 bridgehead atoms. The lowest BCUT2D eigenvalue weighted by Gasteiger charge is -2.17. The van der Waals surface area contributed by atoms with Gasteiger partial charge in [0.05, 0.1) is 0 Å². The molecule has 0 heterocycles. The van der Waals surface area contributed by atoms with Crippen LogP contribution in [0.3, 0.4) is 0 Å². The minimum atomic E-state index is 0.519. The standard InChI is InChI=1S/C22H28Cl2/c1-15(2)9-18-7-8-19(12-21(18)10-16(3)4)22-11-17(13-23)5-6-20(22)14-24/h5-8,11-12,15-16H,9-10,13-14H2,1-4H3. The molecule has 2 aromatic rings. The first-order chi connectivity index (χ1) is 11.4. The molecule has 2 rings (SSSR count). The van der Waals surface area contributed by atoms with Crippen molar-refractivity contribution >= 4 is 23.2 Å². The number of benzene rings is 2. The molecule has 0 saturated heterocycles. The summed E-state index contributed by atoms with van der Waals surface area (Å²) >= 11 is 12.2. The maximum absolute atomic E-state index is 6.17. The Bertz CT molecular complexity index is 672. The summed E-state index contributed by atoms with van der Waals surface area (Å²) in [5.41, 5.74) is 7.70. The number of hydrogen-bond acceptors (Lipinski definition) is 0. The second-order valence-electron chi connectivity index (χ2n) is 7.44. The molecule has 2 heteroatoms. The van der Waals surface area contributed by atoms with Crippen LogP contribution < -0.4 is 0 Å². The highest BCUT2D eigenvalue weighted by Crippen LogP contribution is 2.30. The van der Waals surface area contributed by atoms with Crippen LogP contribution in [-0.4, -0.2) is 0 Å². The van der Waals surface area contributed by atoms with Crippen LogP contribution in [0.2, 0.25) is 0 Å². The predicted octanol–water partition coefficient (Wildman–Crippen LogP) is 7.23. The molecule has 0 nitrogen and oxygen atoms in total. The van der Waals surface area contributed by atoms with E-state index in [0.29, 0.717) is 23.6 Å². The second-order valence-corrected chi connectivity index (χ2v) is 7.97. The molecule has 0 aliphatic heterocycles. The second kappa shape index (κ2) is 8.92. The van der Waals surface area contributed by atoms with Gasteiger partial charge in [-0.1, -0.05) is 58.0 Å². The van der Waals surface area contributed by atoms with Crippen molar-refractivity contribution in [3.8, 4) is 11.1 Å². The van der Waals surface area contributed by atoms with Gasteiger partial charge in [-0.2, -0.15) is 0 Å². The van der Waals surface area contributed by atoms with Crippen LogP contribution >= 0.6 is 23.2 Å². The van der Waals surface area contributed by atoms with Gasteiger partial charge in [-0.3, -0.25) is 0 Å². The molecule has 0 radical (unpaired) electrons. The molecule has 0 amide bonds. The number of rotatable bonds is 7. The molecule has 0 spiro atoms. The smallest absolute Gasteiger partial charge is 0.0480 e. The van der Waals surface area contributed by atoms with Gasteiger partial charge in [0, 0.05) is 11.8 Å². The third-order valence-corrected chi connectivity index (χ3v) is 4.84. The largest absolute Gasteiger partial charge is 0.122 e. The Hall–Kier alpha value is -0.980. The van der Waals surface area contributed by atoms with E-state index in [1.807, 2.05) is 0 Å². The summed E-state index contributed by atoms with van der Waals surface area (Å²) in [6.45, 7) is 9.12. The third kappa shape index (κ3) is 5.01. The zero-order valence-electron chi connectivity index (χ0n) is 15.2. The normalized spacial score (nSPS) is 11.5. The van der Waals surface area contributed by atoms with Crippen LogP contribution in [-0.2, 0) is 24.6 Å². The van der Waals surface area contributed by atoms with Crippen LogP contribution in [0.15, 0.2) is 36.4 Å². The van der Waals surface area contributed by atoms with Gasteiger partial charge in [0.15, 0.2) is 0 Å². The lowest BCUT2D eigenvalue weighted by molar-refractivity contribution is 0.616. The summed E-state index contributed by atoms with van der Waals surface area (Å²) in [5.74, 6) is 2.36. The Labute approximate surface area is 157 Å². The van der Waals surface area contributed by atoms with Crippen LogP contribution in [0, 0.1) is 11.8 Å². The lowest BCUT2D eigenvalue weighted by atomic mass is 9.89. The molecule has 2 aromatic carbocycles. The molecule has 0 aliphatic rings. The molecule has 0 saturated carbocycles. The van der Waals surface area contributed by atoms with Gasteiger partial charge in [0.25, 0.3) is 0 Å². The van der Waals surface area contributed by atoms with Gasteiger partial charge in [0.2, 0.25) is 0 Å². The Morgan fingerprint density at radius 3 is 1.92 bits per heavy atom. The molecule has 0 aromatic heterocycles. The third-order valence-electron chi connectivity index (χ3n) is 4.25. The fourth-order valence-corrected chi connectivity index (χ4v) is 3.55. The zero-order valence-corrected chi connectivity index (χ0v) is 16.7. The lowest BCUT2D eigenvalue weighted by Crippen LogP contribution is -2.03. The van der Waals surface area contributed by atoms with Crippen LogP contribution in [0.4, 0.5) is 0 Å². The van der Waals surface area contributed by atoms with Crippen molar-refractivity contribution in [2.24, 2.45) is 11.8 Å². The van der Waals surface area contributed by atoms with E-state index in [2.05, 4.69) is 64.1 Å². The Morgan fingerprint density at radius 2 is 1.33 bits per heavy atom. The summed E-state index contributed by atoms with van der Waals surface area (Å²) < 4.78 is 0. The minimum absolute atomic E-state index is 0.519. The fourth-order valence-electron chi connectivity index (χ4n) is 3.15. The monoisotopic (exact) mass is 362 g/mol. The van der Waals surface area contributed by atoms with E-state index in [4.69, 9.17) is 23.2 Å². The Kier molecular flexibility index (Phi) is 7.19. The first-order valence-electron chi connectivity index (χ1n) is 8.80. The van der Waals surface area contributed by atoms with Crippen molar-refractivity contribution in [1.82, 2.24) is 0 Å². The molecule has 0 fully saturated rings. The summed E-state index contributed by atoms with van der Waals surface area (Å²) in [6.07, 6.45) is 2.24. The summed E-state index contributed by atoms with van der Waals surface area (Å²) in [6, 6.07) is 13.3. The van der Waals surface area contributed by atoms with Crippen molar-refractivity contribution in [3.05, 3.63) is 58.7 Å². The van der Waals surface area contributed by atoms with Crippen molar-refractivity contribution in [3.63, 3.8) is 0 Å². The fraction of sp³-hybridized carbons (Fsp3) is 0.455. The van der Waals surface area contributed by atoms with E-state index >= 15 is 0 Å². The average Bonchev–Trinajstić information content (AvgIpc) is 2.55. The van der Waals surface area contributed by atoms with E-state index in [1.165, 1.54) is 22.3 Å². The van der Waals surface area contributed by atoms with Crippen LogP contribution in [0.5, 0.6) is 0 Å². The van der Waals surface area contributed by atoms with Gasteiger partial charge in [-0.25, -0.2) is 0 Å². The van der Waals surface area contributed by atoms with E-state index in [1.54, 1.807) is 0 Å². The maximum Gasteiger partial charge on any atom is 0.0480 e. The first-order valence-corrected chi connectivity index (χ1v) is 9.87. The molecule has 0 atom stereocenters. The van der Waals surface area contributed by atoms with Gasteiger partial charge in [-0.05, 0) is 64.1 Å². The zero-order chi connectivity index (χ0) is 17.7. The van der Waals surface area contributed by atoms with E-state index in [9.17, 15) is 0 Å². The Balaban J connectivity index is 2.51. The first kappa shape index (κ1) is 19.3. The highest BCUT2D eigenvalue weighted by molar-refractivity contribution is 6.18. The van der Waals surface area contributed by atoms with Crippen molar-refractivity contribution in [1.29, 1.82) is 0 Å². The van der Waals surface area contributed by atoms with Crippen LogP contribution in [0.1, 0.15) is 49.9 Å². The van der Waals surface area contributed by atoms with Gasteiger partial charge in [0.1, 0.15) is 0 Å². The molecule has 0 N–H and O–H groups in total.